The van der Waals surface area contributed by atoms with Crippen LogP contribution in [-0.2, 0) is 17.6 Å². The Labute approximate surface area is 205 Å². The Morgan fingerprint density at radius 3 is 2.74 bits per heavy atom. The Kier molecular flexibility index (Phi) is 9.33. The molecule has 0 saturated carbocycles. The zero-order valence-electron chi connectivity index (χ0n) is 20.7. The van der Waals surface area contributed by atoms with Crippen molar-refractivity contribution in [1.29, 1.82) is 0 Å². The number of hydrogen-bond donors (Lipinski definition) is 3. The molecule has 3 aromatic rings. The van der Waals surface area contributed by atoms with Gasteiger partial charge in [-0.05, 0) is 67.5 Å². The summed E-state index contributed by atoms with van der Waals surface area (Å²) in [7, 11) is 0. The van der Waals surface area contributed by atoms with Gasteiger partial charge < -0.3 is 24.8 Å². The molecule has 1 atom stereocenters. The molecule has 0 fully saturated rings. The highest BCUT2D eigenvalue weighted by Gasteiger charge is 2.17. The van der Waals surface area contributed by atoms with E-state index in [0.717, 1.165) is 40.8 Å². The van der Waals surface area contributed by atoms with Crippen LogP contribution in [0.4, 0.5) is 0 Å². The smallest absolute Gasteiger partial charge is 0.258 e. The number of hydrogen-bond acceptors (Lipinski definition) is 8. The summed E-state index contributed by atoms with van der Waals surface area (Å²) in [5, 5.41) is 25.4. The van der Waals surface area contributed by atoms with Crippen molar-refractivity contribution in [2.24, 2.45) is 5.92 Å². The quantitative estimate of drug-likeness (QED) is 0.359. The number of nitrogens with one attached hydrogen (secondary N) is 1. The lowest BCUT2D eigenvalue weighted by atomic mass is 10.0. The van der Waals surface area contributed by atoms with Crippen LogP contribution in [0.1, 0.15) is 44.0 Å². The third-order valence-corrected chi connectivity index (χ3v) is 5.56. The van der Waals surface area contributed by atoms with Crippen molar-refractivity contribution in [2.75, 3.05) is 19.8 Å². The van der Waals surface area contributed by atoms with Gasteiger partial charge in [-0.2, -0.15) is 4.98 Å². The number of amides is 1. The number of carbonyl (C=O) groups excluding carboxylic acids is 1. The maximum absolute atomic E-state index is 11.1. The van der Waals surface area contributed by atoms with E-state index in [-0.39, 0.29) is 13.2 Å². The van der Waals surface area contributed by atoms with Gasteiger partial charge in [0.05, 0.1) is 0 Å². The van der Waals surface area contributed by atoms with Gasteiger partial charge in [-0.1, -0.05) is 25.9 Å². The number of aryl methyl sites for hydroxylation is 3. The van der Waals surface area contributed by atoms with Crippen LogP contribution in [0.15, 0.2) is 35.0 Å². The summed E-state index contributed by atoms with van der Waals surface area (Å²) in [6, 6.07) is 7.74. The topological polar surface area (TPSA) is 131 Å². The lowest BCUT2D eigenvalue weighted by molar-refractivity contribution is -0.124. The Balaban J connectivity index is 1.74. The molecule has 0 spiro atoms. The van der Waals surface area contributed by atoms with Crippen LogP contribution in [0, 0.1) is 12.8 Å². The van der Waals surface area contributed by atoms with Crippen LogP contribution < -0.4 is 10.1 Å². The average Bonchev–Trinajstić information content (AvgIpc) is 3.35. The van der Waals surface area contributed by atoms with Crippen LogP contribution >= 0.6 is 0 Å². The van der Waals surface area contributed by atoms with E-state index in [1.807, 2.05) is 38.1 Å². The second-order valence-electron chi connectivity index (χ2n) is 8.95. The molecule has 0 unspecified atom stereocenters. The van der Waals surface area contributed by atoms with Gasteiger partial charge in [0, 0.05) is 29.6 Å². The fourth-order valence-electron chi connectivity index (χ4n) is 3.61. The molecule has 2 heterocycles. The van der Waals surface area contributed by atoms with Crippen LogP contribution in [0.5, 0.6) is 5.75 Å². The SMILES string of the molecule is CCc1cc(-c2noc(-c3ccnc(CCC(C)C)c3)n2)cc(C)c1OC[C@@H](O)CNC(=O)CO. The highest BCUT2D eigenvalue weighted by atomic mass is 16.5. The Morgan fingerprint density at radius 1 is 1.23 bits per heavy atom. The molecule has 2 aromatic heterocycles. The molecule has 0 radical (unpaired) electrons. The standard InChI is InChI=1S/C26H34N4O5/c1-5-18-11-20(10-17(4)24(18)34-15-22(32)13-28-23(33)14-31)25-29-26(35-30-25)19-8-9-27-21(12-19)7-6-16(2)3/h8-12,16,22,31-32H,5-7,13-15H2,1-4H3,(H,28,33)/t22-/m0/s1. The summed E-state index contributed by atoms with van der Waals surface area (Å²) >= 11 is 0. The van der Waals surface area contributed by atoms with E-state index in [1.54, 1.807) is 6.20 Å². The van der Waals surface area contributed by atoms with Gasteiger partial charge >= 0.3 is 0 Å². The summed E-state index contributed by atoms with van der Waals surface area (Å²) in [4.78, 5) is 20.2. The van der Waals surface area contributed by atoms with E-state index in [0.29, 0.717) is 29.8 Å². The van der Waals surface area contributed by atoms with Crippen molar-refractivity contribution >= 4 is 5.91 Å². The first-order chi connectivity index (χ1) is 16.8. The second-order valence-corrected chi connectivity index (χ2v) is 8.95. The normalized spacial score (nSPS) is 12.1. The van der Waals surface area contributed by atoms with Gasteiger partial charge in [-0.3, -0.25) is 9.78 Å². The number of aromatic nitrogens is 3. The van der Waals surface area contributed by atoms with E-state index < -0.39 is 18.6 Å². The molecule has 1 aromatic carbocycles. The third kappa shape index (κ3) is 7.34. The van der Waals surface area contributed by atoms with E-state index in [9.17, 15) is 9.90 Å². The third-order valence-electron chi connectivity index (χ3n) is 5.56. The molecule has 0 aliphatic carbocycles. The van der Waals surface area contributed by atoms with Gasteiger partial charge in [0.25, 0.3) is 5.89 Å². The predicted molar refractivity (Wildman–Crippen MR) is 132 cm³/mol. The summed E-state index contributed by atoms with van der Waals surface area (Å²) in [5.74, 6) is 1.66. The number of benzene rings is 1. The number of rotatable bonds is 12. The number of aliphatic hydroxyl groups is 2. The molecule has 0 saturated heterocycles. The maximum atomic E-state index is 11.1. The molecule has 0 aliphatic heterocycles. The Hall–Kier alpha value is -3.30. The Bertz CT molecular complexity index is 1130. The first kappa shape index (κ1) is 26.3. The molecule has 35 heavy (non-hydrogen) atoms. The average molecular weight is 483 g/mol. The largest absolute Gasteiger partial charge is 0.490 e. The zero-order chi connectivity index (χ0) is 25.4. The minimum Gasteiger partial charge on any atom is -0.490 e. The van der Waals surface area contributed by atoms with E-state index in [4.69, 9.17) is 14.4 Å². The van der Waals surface area contributed by atoms with Gasteiger partial charge in [0.15, 0.2) is 0 Å². The fourth-order valence-corrected chi connectivity index (χ4v) is 3.61. The summed E-state index contributed by atoms with van der Waals surface area (Å²) in [6.45, 7) is 7.70. The summed E-state index contributed by atoms with van der Waals surface area (Å²) in [5.41, 5.74) is 4.47. The van der Waals surface area contributed by atoms with E-state index >= 15 is 0 Å². The zero-order valence-corrected chi connectivity index (χ0v) is 20.7. The van der Waals surface area contributed by atoms with Gasteiger partial charge in [0.2, 0.25) is 11.7 Å². The van der Waals surface area contributed by atoms with Crippen molar-refractivity contribution in [3.63, 3.8) is 0 Å². The first-order valence-corrected chi connectivity index (χ1v) is 11.9. The fraction of sp³-hybridized carbons (Fsp3) is 0.462. The molecule has 3 rings (SSSR count). The van der Waals surface area contributed by atoms with Crippen molar-refractivity contribution in [3.05, 3.63) is 47.3 Å². The molecular weight excluding hydrogens is 448 g/mol. The molecule has 3 N–H and O–H groups in total. The number of carbonyl (C=O) groups is 1. The van der Waals surface area contributed by atoms with Crippen molar-refractivity contribution in [3.8, 4) is 28.6 Å². The van der Waals surface area contributed by atoms with Crippen molar-refractivity contribution in [2.45, 2.75) is 53.1 Å². The van der Waals surface area contributed by atoms with Crippen LogP contribution in [0.2, 0.25) is 0 Å². The van der Waals surface area contributed by atoms with Gasteiger partial charge in [-0.25, -0.2) is 0 Å². The van der Waals surface area contributed by atoms with E-state index in [1.165, 1.54) is 0 Å². The summed E-state index contributed by atoms with van der Waals surface area (Å²) < 4.78 is 11.4. The number of aliphatic hydroxyl groups excluding tert-OH is 2. The number of nitrogens with zero attached hydrogens (tertiary/aromatic N) is 3. The monoisotopic (exact) mass is 482 g/mol. The maximum Gasteiger partial charge on any atom is 0.258 e. The van der Waals surface area contributed by atoms with Crippen LogP contribution in [-0.4, -0.2) is 57.1 Å². The van der Waals surface area contributed by atoms with E-state index in [2.05, 4.69) is 34.3 Å². The lowest BCUT2D eigenvalue weighted by Gasteiger charge is -2.17. The molecular formula is C26H34N4O5. The lowest BCUT2D eigenvalue weighted by Crippen LogP contribution is -2.36. The molecule has 0 aliphatic rings. The number of ether oxygens (including phenoxy) is 1. The molecule has 9 nitrogen and oxygen atoms in total. The molecule has 9 heteroatoms. The van der Waals surface area contributed by atoms with Crippen molar-refractivity contribution in [1.82, 2.24) is 20.4 Å². The molecule has 1 amide bonds. The van der Waals surface area contributed by atoms with Crippen LogP contribution in [0.3, 0.4) is 0 Å². The van der Waals surface area contributed by atoms with Gasteiger partial charge in [0.1, 0.15) is 25.1 Å². The Morgan fingerprint density at radius 2 is 2.03 bits per heavy atom. The minimum absolute atomic E-state index is 0.00217. The predicted octanol–water partition coefficient (Wildman–Crippen LogP) is 3.11. The number of pyridine rings is 1. The summed E-state index contributed by atoms with van der Waals surface area (Å²) in [6.07, 6.45) is 3.53. The van der Waals surface area contributed by atoms with Crippen LogP contribution in [0.25, 0.3) is 22.8 Å². The van der Waals surface area contributed by atoms with Gasteiger partial charge in [-0.15, -0.1) is 0 Å². The second kappa shape index (κ2) is 12.4. The van der Waals surface area contributed by atoms with Crippen molar-refractivity contribution < 1.29 is 24.3 Å². The first-order valence-electron chi connectivity index (χ1n) is 11.9. The highest BCUT2D eigenvalue weighted by molar-refractivity contribution is 5.76. The molecule has 0 bridgehead atoms. The highest BCUT2D eigenvalue weighted by Crippen LogP contribution is 2.31. The molecule has 188 valence electrons. The minimum atomic E-state index is -0.903.